The van der Waals surface area contributed by atoms with Crippen LogP contribution in [-0.2, 0) is 14.3 Å². The Bertz CT molecular complexity index is 1130. The van der Waals surface area contributed by atoms with E-state index in [-0.39, 0.29) is 24.9 Å². The predicted octanol–water partition coefficient (Wildman–Crippen LogP) is 5.54. The lowest BCUT2D eigenvalue weighted by atomic mass is 9.89. The smallest absolute Gasteiger partial charge is 0.307 e. The molecule has 0 saturated carbocycles. The molecule has 4 aromatic rings. The molecule has 154 valence electrons. The van der Waals surface area contributed by atoms with Gasteiger partial charge in [0.2, 0.25) is 0 Å². The number of benzene rings is 4. The first-order valence-electron chi connectivity index (χ1n) is 10.2. The highest BCUT2D eigenvalue weighted by atomic mass is 16.5. The predicted molar refractivity (Wildman–Crippen MR) is 123 cm³/mol. The molecular weight excluding hydrogens is 386 g/mol. The van der Waals surface area contributed by atoms with E-state index in [9.17, 15) is 9.59 Å². The Labute approximate surface area is 181 Å². The minimum atomic E-state index is -0.411. The summed E-state index contributed by atoms with van der Waals surface area (Å²) in [7, 11) is 0. The van der Waals surface area contributed by atoms with Crippen LogP contribution in [-0.4, -0.2) is 18.5 Å². The Morgan fingerprint density at radius 1 is 0.710 bits per heavy atom. The topological polar surface area (TPSA) is 55.4 Å². The Morgan fingerprint density at radius 2 is 1.29 bits per heavy atom. The Hall–Kier alpha value is -3.92. The number of esters is 1. The molecule has 0 saturated heterocycles. The third kappa shape index (κ3) is 5.17. The minimum Gasteiger partial charge on any atom is -0.456 e. The molecule has 1 amide bonds. The van der Waals surface area contributed by atoms with E-state index in [1.54, 1.807) is 0 Å². The molecule has 0 bridgehead atoms. The standard InChI is InChI=1S/C27H23NO3/c29-26(28-25-17-9-15-20-14-7-8-16-23(20)25)19-31-27(30)18-24(21-10-3-1-4-11-21)22-12-5-2-6-13-22/h1-17,24H,18-19H2,(H,28,29). The molecule has 0 aliphatic rings. The van der Waals surface area contributed by atoms with Gasteiger partial charge in [0, 0.05) is 17.0 Å². The second-order valence-electron chi connectivity index (χ2n) is 7.31. The number of anilines is 1. The van der Waals surface area contributed by atoms with E-state index >= 15 is 0 Å². The Kier molecular flexibility index (Phi) is 6.38. The monoisotopic (exact) mass is 409 g/mol. The SMILES string of the molecule is O=C(COC(=O)CC(c1ccccc1)c1ccccc1)Nc1cccc2ccccc12. The first-order chi connectivity index (χ1) is 15.2. The molecule has 0 heterocycles. The van der Waals surface area contributed by atoms with E-state index in [0.29, 0.717) is 5.69 Å². The zero-order valence-corrected chi connectivity index (χ0v) is 17.0. The third-order valence-electron chi connectivity index (χ3n) is 5.20. The highest BCUT2D eigenvalue weighted by molar-refractivity contribution is 6.02. The van der Waals surface area contributed by atoms with E-state index in [4.69, 9.17) is 4.74 Å². The fraction of sp³-hybridized carbons (Fsp3) is 0.111. The maximum absolute atomic E-state index is 12.6. The van der Waals surface area contributed by atoms with Crippen LogP contribution in [0.15, 0.2) is 103 Å². The Morgan fingerprint density at radius 3 is 1.97 bits per heavy atom. The summed E-state index contributed by atoms with van der Waals surface area (Å²) in [5.74, 6) is -0.900. The molecule has 0 atom stereocenters. The number of fused-ring (bicyclic) bond motifs is 1. The van der Waals surface area contributed by atoms with Crippen LogP contribution >= 0.6 is 0 Å². The van der Waals surface area contributed by atoms with Crippen molar-refractivity contribution in [3.05, 3.63) is 114 Å². The third-order valence-corrected chi connectivity index (χ3v) is 5.20. The van der Waals surface area contributed by atoms with Crippen LogP contribution in [0.3, 0.4) is 0 Å². The van der Waals surface area contributed by atoms with Gasteiger partial charge in [-0.2, -0.15) is 0 Å². The van der Waals surface area contributed by atoms with Crippen LogP contribution in [0.25, 0.3) is 10.8 Å². The van der Waals surface area contributed by atoms with Crippen molar-refractivity contribution in [2.45, 2.75) is 12.3 Å². The van der Waals surface area contributed by atoms with E-state index < -0.39 is 5.97 Å². The zero-order chi connectivity index (χ0) is 21.5. The van der Waals surface area contributed by atoms with E-state index in [1.165, 1.54) is 0 Å². The van der Waals surface area contributed by atoms with Crippen LogP contribution in [0.1, 0.15) is 23.5 Å². The molecule has 0 unspecified atom stereocenters. The first kappa shape index (κ1) is 20.4. The van der Waals surface area contributed by atoms with Gasteiger partial charge in [0.15, 0.2) is 6.61 Å². The molecular formula is C27H23NO3. The molecule has 4 heteroatoms. The fourth-order valence-electron chi connectivity index (χ4n) is 3.69. The van der Waals surface area contributed by atoms with Gasteiger partial charge >= 0.3 is 5.97 Å². The lowest BCUT2D eigenvalue weighted by Gasteiger charge is -2.17. The fourth-order valence-corrected chi connectivity index (χ4v) is 3.69. The van der Waals surface area contributed by atoms with Gasteiger partial charge in [0.25, 0.3) is 5.91 Å². The number of carbonyl (C=O) groups excluding carboxylic acids is 2. The average molecular weight is 409 g/mol. The van der Waals surface area contributed by atoms with Gasteiger partial charge in [-0.25, -0.2) is 0 Å². The van der Waals surface area contributed by atoms with E-state index in [2.05, 4.69) is 5.32 Å². The van der Waals surface area contributed by atoms with Crippen molar-refractivity contribution < 1.29 is 14.3 Å². The quantitative estimate of drug-likeness (QED) is 0.408. The van der Waals surface area contributed by atoms with Crippen LogP contribution in [0, 0.1) is 0 Å². The lowest BCUT2D eigenvalue weighted by molar-refractivity contribution is -0.147. The molecule has 0 spiro atoms. The van der Waals surface area contributed by atoms with Crippen molar-refractivity contribution in [3.8, 4) is 0 Å². The summed E-state index contributed by atoms with van der Waals surface area (Å²) in [6.45, 7) is -0.321. The van der Waals surface area contributed by atoms with Gasteiger partial charge < -0.3 is 10.1 Å². The minimum absolute atomic E-state index is 0.129. The number of carbonyl (C=O) groups is 2. The van der Waals surface area contributed by atoms with E-state index in [1.807, 2.05) is 103 Å². The van der Waals surface area contributed by atoms with Crippen molar-refractivity contribution in [1.29, 1.82) is 0 Å². The van der Waals surface area contributed by atoms with Crippen LogP contribution in [0.2, 0.25) is 0 Å². The normalized spacial score (nSPS) is 10.7. The summed E-state index contributed by atoms with van der Waals surface area (Å²) < 4.78 is 5.31. The molecule has 0 aromatic heterocycles. The van der Waals surface area contributed by atoms with Gasteiger partial charge in [-0.3, -0.25) is 9.59 Å². The first-order valence-corrected chi connectivity index (χ1v) is 10.2. The number of ether oxygens (including phenoxy) is 1. The van der Waals surface area contributed by atoms with Crippen molar-refractivity contribution in [3.63, 3.8) is 0 Å². The summed E-state index contributed by atoms with van der Waals surface area (Å²) in [5.41, 5.74) is 2.77. The summed E-state index contributed by atoms with van der Waals surface area (Å²) in [6, 6.07) is 33.2. The van der Waals surface area contributed by atoms with Crippen molar-refractivity contribution >= 4 is 28.3 Å². The second-order valence-corrected chi connectivity index (χ2v) is 7.31. The highest BCUT2D eigenvalue weighted by Crippen LogP contribution is 2.28. The highest BCUT2D eigenvalue weighted by Gasteiger charge is 2.19. The lowest BCUT2D eigenvalue weighted by Crippen LogP contribution is -2.22. The number of nitrogens with one attached hydrogen (secondary N) is 1. The number of hydrogen-bond acceptors (Lipinski definition) is 3. The molecule has 0 fully saturated rings. The van der Waals surface area contributed by atoms with Crippen LogP contribution < -0.4 is 5.32 Å². The van der Waals surface area contributed by atoms with E-state index in [0.717, 1.165) is 21.9 Å². The maximum atomic E-state index is 12.6. The summed E-state index contributed by atoms with van der Waals surface area (Å²) >= 11 is 0. The number of rotatable bonds is 7. The van der Waals surface area contributed by atoms with Crippen LogP contribution in [0.4, 0.5) is 5.69 Å². The molecule has 4 nitrogen and oxygen atoms in total. The van der Waals surface area contributed by atoms with Gasteiger partial charge in [-0.1, -0.05) is 97.1 Å². The number of amides is 1. The maximum Gasteiger partial charge on any atom is 0.307 e. The molecule has 4 aromatic carbocycles. The van der Waals surface area contributed by atoms with Crippen molar-refractivity contribution in [1.82, 2.24) is 0 Å². The summed E-state index contributed by atoms with van der Waals surface area (Å²) in [4.78, 5) is 25.0. The molecule has 0 aliphatic carbocycles. The molecule has 0 radical (unpaired) electrons. The van der Waals surface area contributed by atoms with Crippen molar-refractivity contribution in [2.75, 3.05) is 11.9 Å². The molecule has 31 heavy (non-hydrogen) atoms. The van der Waals surface area contributed by atoms with Gasteiger partial charge in [0.1, 0.15) is 0 Å². The Balaban J connectivity index is 1.40. The largest absolute Gasteiger partial charge is 0.456 e. The second kappa shape index (κ2) is 9.72. The van der Waals surface area contributed by atoms with Gasteiger partial charge in [0.05, 0.1) is 6.42 Å². The molecule has 4 rings (SSSR count). The molecule has 1 N–H and O–H groups in total. The number of hydrogen-bond donors (Lipinski definition) is 1. The summed E-state index contributed by atoms with van der Waals surface area (Å²) in [5, 5.41) is 4.82. The molecule has 0 aliphatic heterocycles. The van der Waals surface area contributed by atoms with Gasteiger partial charge in [-0.15, -0.1) is 0 Å². The summed E-state index contributed by atoms with van der Waals surface area (Å²) in [6.07, 6.45) is 0.162. The average Bonchev–Trinajstić information content (AvgIpc) is 2.82. The zero-order valence-electron chi connectivity index (χ0n) is 17.0. The van der Waals surface area contributed by atoms with Gasteiger partial charge in [-0.05, 0) is 22.6 Å². The van der Waals surface area contributed by atoms with Crippen molar-refractivity contribution in [2.24, 2.45) is 0 Å². The van der Waals surface area contributed by atoms with Crippen LogP contribution in [0.5, 0.6) is 0 Å².